The summed E-state index contributed by atoms with van der Waals surface area (Å²) >= 11 is 0. The zero-order valence-corrected chi connectivity index (χ0v) is 17.8. The van der Waals surface area contributed by atoms with Crippen LogP contribution in [0.1, 0.15) is 62.0 Å². The number of hydrogen-bond acceptors (Lipinski definition) is 4. The molecule has 0 bridgehead atoms. The Labute approximate surface area is 174 Å². The maximum Gasteiger partial charge on any atom is 0.222 e. The van der Waals surface area contributed by atoms with Crippen LogP contribution < -0.4 is 0 Å². The van der Waals surface area contributed by atoms with Crippen molar-refractivity contribution in [2.24, 2.45) is 5.41 Å². The molecule has 0 N–H and O–H groups in total. The van der Waals surface area contributed by atoms with Gasteiger partial charge in [0.05, 0.1) is 0 Å². The van der Waals surface area contributed by atoms with Gasteiger partial charge in [-0.15, -0.1) is 0 Å². The van der Waals surface area contributed by atoms with Crippen LogP contribution in [0.5, 0.6) is 0 Å². The Kier molecular flexibility index (Phi) is 6.04. The maximum atomic E-state index is 12.5. The molecule has 1 spiro atoms. The Bertz CT molecular complexity index is 809. The van der Waals surface area contributed by atoms with Gasteiger partial charge < -0.3 is 14.2 Å². The monoisotopic (exact) mass is 395 g/mol. The lowest BCUT2D eigenvalue weighted by Crippen LogP contribution is -2.51. The van der Waals surface area contributed by atoms with Crippen LogP contribution in [0.25, 0.3) is 0 Å². The maximum absolute atomic E-state index is 12.5. The summed E-state index contributed by atoms with van der Waals surface area (Å²) in [5.74, 6) is 2.86. The van der Waals surface area contributed by atoms with E-state index in [1.165, 1.54) is 18.4 Å². The SMILES string of the molecule is Cc1ccc(C(C)CCN2CCC3(CCC(=O)N(Cc4ccncc4)C3)CC2)o1. The van der Waals surface area contributed by atoms with Gasteiger partial charge >= 0.3 is 0 Å². The second-order valence-corrected chi connectivity index (χ2v) is 9.09. The number of nitrogens with zero attached hydrogens (tertiary/aromatic N) is 3. The van der Waals surface area contributed by atoms with E-state index in [0.717, 1.165) is 50.5 Å². The molecule has 0 aliphatic carbocycles. The van der Waals surface area contributed by atoms with Crippen molar-refractivity contribution in [1.29, 1.82) is 0 Å². The smallest absolute Gasteiger partial charge is 0.222 e. The van der Waals surface area contributed by atoms with Crippen molar-refractivity contribution in [3.8, 4) is 0 Å². The second-order valence-electron chi connectivity index (χ2n) is 9.09. The van der Waals surface area contributed by atoms with E-state index in [2.05, 4.69) is 33.8 Å². The summed E-state index contributed by atoms with van der Waals surface area (Å²) in [6.45, 7) is 9.29. The lowest BCUT2D eigenvalue weighted by atomic mass is 9.72. The number of carbonyl (C=O) groups excluding carboxylic acids is 1. The molecule has 29 heavy (non-hydrogen) atoms. The van der Waals surface area contributed by atoms with Crippen LogP contribution >= 0.6 is 0 Å². The van der Waals surface area contributed by atoms with Crippen LogP contribution in [0.4, 0.5) is 0 Å². The Morgan fingerprint density at radius 2 is 1.90 bits per heavy atom. The summed E-state index contributed by atoms with van der Waals surface area (Å²) in [6.07, 6.45) is 8.88. The third-order valence-electron chi connectivity index (χ3n) is 6.91. The molecular formula is C24H33N3O2. The largest absolute Gasteiger partial charge is 0.466 e. The topological polar surface area (TPSA) is 49.6 Å². The number of aromatic nitrogens is 1. The molecule has 0 radical (unpaired) electrons. The third kappa shape index (κ3) is 4.89. The zero-order chi connectivity index (χ0) is 20.3. The van der Waals surface area contributed by atoms with Crippen LogP contribution in [0.3, 0.4) is 0 Å². The average molecular weight is 396 g/mol. The lowest BCUT2D eigenvalue weighted by molar-refractivity contribution is -0.139. The van der Waals surface area contributed by atoms with E-state index >= 15 is 0 Å². The quantitative estimate of drug-likeness (QED) is 0.728. The number of aryl methyl sites for hydroxylation is 1. The van der Waals surface area contributed by atoms with E-state index < -0.39 is 0 Å². The minimum absolute atomic E-state index is 0.303. The van der Waals surface area contributed by atoms with Gasteiger partial charge in [0.1, 0.15) is 11.5 Å². The van der Waals surface area contributed by atoms with Crippen LogP contribution in [0, 0.1) is 12.3 Å². The van der Waals surface area contributed by atoms with Crippen LogP contribution in [0.2, 0.25) is 0 Å². The first kappa shape index (κ1) is 20.1. The molecule has 0 saturated carbocycles. The number of pyridine rings is 1. The summed E-state index contributed by atoms with van der Waals surface area (Å²) in [5.41, 5.74) is 1.48. The van der Waals surface area contributed by atoms with Gasteiger partial charge in [0.25, 0.3) is 0 Å². The molecule has 1 unspecified atom stereocenters. The standard InChI is InChI=1S/C24H33N3O2/c1-19(22-4-3-20(2)29-22)8-14-26-15-10-24(11-16-26)9-5-23(28)27(18-24)17-21-6-12-25-13-7-21/h3-4,6-7,12-13,19H,5,8-11,14-18H2,1-2H3. The van der Waals surface area contributed by atoms with Crippen molar-refractivity contribution in [3.63, 3.8) is 0 Å². The van der Waals surface area contributed by atoms with Crippen molar-refractivity contribution < 1.29 is 9.21 Å². The van der Waals surface area contributed by atoms with Crippen LogP contribution in [0.15, 0.2) is 41.1 Å². The summed E-state index contributed by atoms with van der Waals surface area (Å²) < 4.78 is 5.79. The van der Waals surface area contributed by atoms with Gasteiger partial charge in [0, 0.05) is 37.8 Å². The molecule has 5 nitrogen and oxygen atoms in total. The Morgan fingerprint density at radius 3 is 2.59 bits per heavy atom. The fraction of sp³-hybridized carbons (Fsp3) is 0.583. The van der Waals surface area contributed by atoms with Gasteiger partial charge in [-0.3, -0.25) is 9.78 Å². The molecule has 2 saturated heterocycles. The van der Waals surface area contributed by atoms with Crippen molar-refractivity contribution in [3.05, 3.63) is 53.7 Å². The van der Waals surface area contributed by atoms with E-state index in [9.17, 15) is 4.79 Å². The highest BCUT2D eigenvalue weighted by Gasteiger charge is 2.40. The third-order valence-corrected chi connectivity index (χ3v) is 6.91. The summed E-state index contributed by atoms with van der Waals surface area (Å²) in [6, 6.07) is 8.19. The van der Waals surface area contributed by atoms with Crippen molar-refractivity contribution in [2.45, 2.75) is 58.4 Å². The first-order valence-corrected chi connectivity index (χ1v) is 11.0. The minimum Gasteiger partial charge on any atom is -0.466 e. The number of rotatable bonds is 6. The van der Waals surface area contributed by atoms with E-state index in [4.69, 9.17) is 4.42 Å². The summed E-state index contributed by atoms with van der Waals surface area (Å²) in [4.78, 5) is 21.3. The molecule has 2 fully saturated rings. The molecular weight excluding hydrogens is 362 g/mol. The van der Waals surface area contributed by atoms with Crippen molar-refractivity contribution >= 4 is 5.91 Å². The normalized spacial score (nSPS) is 20.9. The number of likely N-dealkylation sites (tertiary alicyclic amines) is 2. The molecule has 1 amide bonds. The van der Waals surface area contributed by atoms with Gasteiger partial charge in [0.15, 0.2) is 0 Å². The Hall–Kier alpha value is -2.14. The number of hydrogen-bond donors (Lipinski definition) is 0. The number of carbonyl (C=O) groups is 1. The summed E-state index contributed by atoms with van der Waals surface area (Å²) in [7, 11) is 0. The molecule has 2 aliphatic heterocycles. The first-order chi connectivity index (χ1) is 14.0. The van der Waals surface area contributed by atoms with Gasteiger partial charge in [-0.05, 0) is 87.5 Å². The van der Waals surface area contributed by atoms with E-state index in [-0.39, 0.29) is 0 Å². The molecule has 1 atom stereocenters. The van der Waals surface area contributed by atoms with Gasteiger partial charge in [0.2, 0.25) is 5.91 Å². The van der Waals surface area contributed by atoms with Crippen LogP contribution in [-0.4, -0.2) is 46.9 Å². The highest BCUT2D eigenvalue weighted by molar-refractivity contribution is 5.77. The second kappa shape index (κ2) is 8.70. The van der Waals surface area contributed by atoms with Crippen molar-refractivity contribution in [2.75, 3.05) is 26.2 Å². The Balaban J connectivity index is 1.28. The molecule has 5 heteroatoms. The highest BCUT2D eigenvalue weighted by atomic mass is 16.3. The first-order valence-electron chi connectivity index (χ1n) is 11.0. The van der Waals surface area contributed by atoms with E-state index in [1.54, 1.807) is 0 Å². The summed E-state index contributed by atoms with van der Waals surface area (Å²) in [5, 5.41) is 0. The molecule has 4 rings (SSSR count). The number of furan rings is 1. The van der Waals surface area contributed by atoms with Crippen molar-refractivity contribution in [1.82, 2.24) is 14.8 Å². The highest BCUT2D eigenvalue weighted by Crippen LogP contribution is 2.40. The zero-order valence-electron chi connectivity index (χ0n) is 17.8. The molecule has 2 aromatic rings. The van der Waals surface area contributed by atoms with E-state index in [0.29, 0.717) is 30.2 Å². The minimum atomic E-state index is 0.303. The van der Waals surface area contributed by atoms with Gasteiger partial charge in [-0.1, -0.05) is 6.92 Å². The lowest BCUT2D eigenvalue weighted by Gasteiger charge is -2.47. The van der Waals surface area contributed by atoms with E-state index in [1.807, 2.05) is 31.5 Å². The molecule has 2 aliphatic rings. The molecule has 2 aromatic heterocycles. The van der Waals surface area contributed by atoms with Crippen LogP contribution in [-0.2, 0) is 11.3 Å². The number of piperidine rings is 2. The molecule has 4 heterocycles. The Morgan fingerprint density at radius 1 is 1.14 bits per heavy atom. The van der Waals surface area contributed by atoms with Gasteiger partial charge in [-0.2, -0.15) is 0 Å². The molecule has 156 valence electrons. The average Bonchev–Trinajstić information content (AvgIpc) is 3.18. The fourth-order valence-electron chi connectivity index (χ4n) is 4.85. The predicted octanol–water partition coefficient (Wildman–Crippen LogP) is 4.38. The predicted molar refractivity (Wildman–Crippen MR) is 113 cm³/mol. The fourth-order valence-corrected chi connectivity index (χ4v) is 4.85. The number of amides is 1. The molecule has 0 aromatic carbocycles. The van der Waals surface area contributed by atoms with Gasteiger partial charge in [-0.25, -0.2) is 0 Å².